The lowest BCUT2D eigenvalue weighted by atomic mass is 9.90. The van der Waals surface area contributed by atoms with Crippen LogP contribution < -0.4 is 5.73 Å². The topological polar surface area (TPSA) is 76.3 Å². The van der Waals surface area contributed by atoms with Gasteiger partial charge in [0.2, 0.25) is 11.8 Å². The maximum Gasteiger partial charge on any atom is 0.248 e. The fourth-order valence-corrected chi connectivity index (χ4v) is 3.51. The Morgan fingerprint density at radius 2 is 1.88 bits per heavy atom. The van der Waals surface area contributed by atoms with Crippen LogP contribution in [0.3, 0.4) is 0 Å². The number of nitrogens with zero attached hydrogens (tertiary/aromatic N) is 2. The second-order valence-corrected chi connectivity index (χ2v) is 6.97. The second kappa shape index (κ2) is 8.61. The highest BCUT2D eigenvalue weighted by Gasteiger charge is 2.22. The minimum atomic E-state index is -0.382. The molecule has 0 bridgehead atoms. The summed E-state index contributed by atoms with van der Waals surface area (Å²) in [6.07, 6.45) is 7.99. The minimum Gasteiger partial charge on any atom is -0.366 e. The van der Waals surface area contributed by atoms with E-state index in [0.717, 1.165) is 49.9 Å². The predicted molar refractivity (Wildman–Crippen MR) is 101 cm³/mol. The molecule has 2 heterocycles. The molecule has 1 fully saturated rings. The molecule has 5 nitrogen and oxygen atoms in total. The van der Waals surface area contributed by atoms with Crippen LogP contribution in [-0.4, -0.2) is 34.8 Å². The van der Waals surface area contributed by atoms with Gasteiger partial charge in [-0.05, 0) is 60.9 Å². The number of nitrogens with two attached hydrogens (primary N) is 1. The molecule has 1 aliphatic rings. The molecule has 1 saturated heterocycles. The molecule has 2 N–H and O–H groups in total. The van der Waals surface area contributed by atoms with Crippen LogP contribution in [0.1, 0.15) is 40.7 Å². The number of carbonyl (C=O) groups excluding carboxylic acids is 2. The summed E-state index contributed by atoms with van der Waals surface area (Å²) in [7, 11) is 0. The Kier molecular flexibility index (Phi) is 6.00. The van der Waals surface area contributed by atoms with Gasteiger partial charge in [-0.25, -0.2) is 0 Å². The summed E-state index contributed by atoms with van der Waals surface area (Å²) in [5, 5.41) is 0. The van der Waals surface area contributed by atoms with Crippen molar-refractivity contribution in [1.29, 1.82) is 0 Å². The number of aryl methyl sites for hydroxylation is 1. The number of rotatable bonds is 6. The summed E-state index contributed by atoms with van der Waals surface area (Å²) in [6.45, 7) is 1.65. The maximum absolute atomic E-state index is 12.4. The summed E-state index contributed by atoms with van der Waals surface area (Å²) in [5.41, 5.74) is 8.02. The molecule has 26 heavy (non-hydrogen) atoms. The third-order valence-corrected chi connectivity index (χ3v) is 5.10. The molecular formula is C21H25N3O2. The van der Waals surface area contributed by atoms with E-state index in [1.807, 2.05) is 35.2 Å². The fourth-order valence-electron chi connectivity index (χ4n) is 3.51. The van der Waals surface area contributed by atoms with Gasteiger partial charge in [-0.3, -0.25) is 14.6 Å². The lowest BCUT2D eigenvalue weighted by Gasteiger charge is -2.32. The van der Waals surface area contributed by atoms with E-state index in [1.165, 1.54) is 0 Å². The number of amides is 2. The molecule has 0 aliphatic carbocycles. The molecule has 0 radical (unpaired) electrons. The summed E-state index contributed by atoms with van der Waals surface area (Å²) < 4.78 is 0. The zero-order valence-electron chi connectivity index (χ0n) is 14.9. The first-order valence-corrected chi connectivity index (χ1v) is 9.17. The Hall–Kier alpha value is -2.69. The van der Waals surface area contributed by atoms with Crippen LogP contribution in [0.25, 0.3) is 0 Å². The average Bonchev–Trinajstić information content (AvgIpc) is 2.68. The van der Waals surface area contributed by atoms with Crippen molar-refractivity contribution in [2.45, 2.75) is 32.1 Å². The molecule has 136 valence electrons. The van der Waals surface area contributed by atoms with Crippen molar-refractivity contribution in [3.63, 3.8) is 0 Å². The van der Waals surface area contributed by atoms with Crippen LogP contribution in [0.4, 0.5) is 0 Å². The third-order valence-electron chi connectivity index (χ3n) is 5.10. The first-order chi connectivity index (χ1) is 12.6. The SMILES string of the molecule is NC(=O)c1cccc(CCC2CCN(C(=O)Cc3cccnc3)CC2)c1. The fraction of sp³-hybridized carbons (Fsp3) is 0.381. The van der Waals surface area contributed by atoms with Gasteiger partial charge in [-0.1, -0.05) is 18.2 Å². The number of carbonyl (C=O) groups is 2. The van der Waals surface area contributed by atoms with Crippen molar-refractivity contribution < 1.29 is 9.59 Å². The number of hydrogen-bond acceptors (Lipinski definition) is 3. The maximum atomic E-state index is 12.4. The molecule has 0 saturated carbocycles. The van der Waals surface area contributed by atoms with E-state index in [9.17, 15) is 9.59 Å². The standard InChI is InChI=1S/C21H25N3O2/c22-21(26)19-5-1-3-17(13-19)7-6-16-8-11-24(12-9-16)20(25)14-18-4-2-10-23-15-18/h1-5,10,13,15-16H,6-9,11-12,14H2,(H2,22,26). The van der Waals surface area contributed by atoms with Crippen molar-refractivity contribution in [1.82, 2.24) is 9.88 Å². The number of likely N-dealkylation sites (tertiary alicyclic amines) is 1. The average molecular weight is 351 g/mol. The number of pyridine rings is 1. The monoisotopic (exact) mass is 351 g/mol. The van der Waals surface area contributed by atoms with Crippen LogP contribution in [0.2, 0.25) is 0 Å². The Morgan fingerprint density at radius 1 is 1.12 bits per heavy atom. The smallest absolute Gasteiger partial charge is 0.248 e. The van der Waals surface area contributed by atoms with Crippen LogP contribution in [-0.2, 0) is 17.6 Å². The quantitative estimate of drug-likeness (QED) is 0.869. The first-order valence-electron chi connectivity index (χ1n) is 9.17. The van der Waals surface area contributed by atoms with Crippen molar-refractivity contribution in [3.05, 3.63) is 65.5 Å². The van der Waals surface area contributed by atoms with Crippen molar-refractivity contribution in [3.8, 4) is 0 Å². The zero-order chi connectivity index (χ0) is 18.4. The van der Waals surface area contributed by atoms with E-state index in [4.69, 9.17) is 5.73 Å². The number of aromatic nitrogens is 1. The lowest BCUT2D eigenvalue weighted by molar-refractivity contribution is -0.131. The number of benzene rings is 1. The molecule has 1 aliphatic heterocycles. The van der Waals surface area contributed by atoms with E-state index in [2.05, 4.69) is 4.98 Å². The molecule has 5 heteroatoms. The number of primary amides is 1. The van der Waals surface area contributed by atoms with Gasteiger partial charge in [0, 0.05) is 31.0 Å². The number of hydrogen-bond donors (Lipinski definition) is 1. The Bertz CT molecular complexity index is 753. The summed E-state index contributed by atoms with van der Waals surface area (Å²) in [6, 6.07) is 11.4. The van der Waals surface area contributed by atoms with Gasteiger partial charge >= 0.3 is 0 Å². The van der Waals surface area contributed by atoms with Gasteiger partial charge in [0.1, 0.15) is 0 Å². The molecule has 1 aromatic carbocycles. The highest BCUT2D eigenvalue weighted by Crippen LogP contribution is 2.23. The first kappa shape index (κ1) is 18.1. The van der Waals surface area contributed by atoms with E-state index in [1.54, 1.807) is 18.5 Å². The zero-order valence-corrected chi connectivity index (χ0v) is 14.9. The van der Waals surface area contributed by atoms with Gasteiger partial charge in [-0.15, -0.1) is 0 Å². The minimum absolute atomic E-state index is 0.186. The van der Waals surface area contributed by atoms with Crippen molar-refractivity contribution >= 4 is 11.8 Å². The van der Waals surface area contributed by atoms with Crippen molar-refractivity contribution in [2.75, 3.05) is 13.1 Å². The third kappa shape index (κ3) is 4.91. The molecule has 0 atom stereocenters. The number of piperidine rings is 1. The molecule has 0 spiro atoms. The Balaban J connectivity index is 1.44. The van der Waals surface area contributed by atoms with E-state index >= 15 is 0 Å². The molecule has 1 aromatic heterocycles. The van der Waals surface area contributed by atoms with Gasteiger partial charge in [0.05, 0.1) is 6.42 Å². The highest BCUT2D eigenvalue weighted by atomic mass is 16.2. The Labute approximate surface area is 154 Å². The Morgan fingerprint density at radius 3 is 2.58 bits per heavy atom. The summed E-state index contributed by atoms with van der Waals surface area (Å²) in [4.78, 5) is 29.7. The molecule has 3 rings (SSSR count). The van der Waals surface area contributed by atoms with Gasteiger partial charge in [0.15, 0.2) is 0 Å². The second-order valence-electron chi connectivity index (χ2n) is 6.97. The summed E-state index contributed by atoms with van der Waals surface area (Å²) >= 11 is 0. The normalized spacial score (nSPS) is 15.0. The van der Waals surface area contributed by atoms with Gasteiger partial charge < -0.3 is 10.6 Å². The van der Waals surface area contributed by atoms with Crippen LogP contribution in [0.5, 0.6) is 0 Å². The predicted octanol–water partition coefficient (Wildman–Crippen LogP) is 2.59. The van der Waals surface area contributed by atoms with Crippen LogP contribution >= 0.6 is 0 Å². The van der Waals surface area contributed by atoms with E-state index in [-0.39, 0.29) is 11.8 Å². The molecule has 2 aromatic rings. The highest BCUT2D eigenvalue weighted by molar-refractivity contribution is 5.92. The van der Waals surface area contributed by atoms with Crippen LogP contribution in [0, 0.1) is 5.92 Å². The molecular weight excluding hydrogens is 326 g/mol. The van der Waals surface area contributed by atoms with Crippen LogP contribution in [0.15, 0.2) is 48.8 Å². The van der Waals surface area contributed by atoms with E-state index in [0.29, 0.717) is 17.9 Å². The lowest BCUT2D eigenvalue weighted by Crippen LogP contribution is -2.39. The molecule has 0 unspecified atom stereocenters. The van der Waals surface area contributed by atoms with E-state index < -0.39 is 0 Å². The van der Waals surface area contributed by atoms with Crippen molar-refractivity contribution in [2.24, 2.45) is 11.7 Å². The largest absolute Gasteiger partial charge is 0.366 e. The summed E-state index contributed by atoms with van der Waals surface area (Å²) in [5.74, 6) is 0.424. The van der Waals surface area contributed by atoms with Gasteiger partial charge in [0.25, 0.3) is 0 Å². The van der Waals surface area contributed by atoms with Gasteiger partial charge in [-0.2, -0.15) is 0 Å². The molecule has 2 amide bonds.